The number of hydrogen-bond donors (Lipinski definition) is 0. The number of fused-ring (bicyclic) bond motifs is 1. The first-order valence-electron chi connectivity index (χ1n) is 13.8. The molecule has 5 heteroatoms. The number of hydrogen-bond acceptors (Lipinski definition) is 4. The Hall–Kier alpha value is -3.05. The number of nitrogens with zero attached hydrogens (tertiary/aromatic N) is 3. The van der Waals surface area contributed by atoms with Crippen LogP contribution < -0.4 is 4.90 Å². The van der Waals surface area contributed by atoms with Crippen molar-refractivity contribution in [3.63, 3.8) is 0 Å². The summed E-state index contributed by atoms with van der Waals surface area (Å²) in [5, 5.41) is 0. The molecule has 3 aromatic rings. The lowest BCUT2D eigenvalue weighted by atomic mass is 10.0. The number of anilines is 1. The second-order valence-corrected chi connectivity index (χ2v) is 10.6. The third-order valence-corrected chi connectivity index (χ3v) is 8.39. The van der Waals surface area contributed by atoms with Crippen LogP contribution in [0.15, 0.2) is 65.1 Å². The smallest absolute Gasteiger partial charge is 0.289 e. The topological polar surface area (TPSA) is 39.9 Å². The van der Waals surface area contributed by atoms with E-state index < -0.39 is 0 Å². The lowest BCUT2D eigenvalue weighted by Crippen LogP contribution is -2.48. The van der Waals surface area contributed by atoms with Crippen LogP contribution in [0.2, 0.25) is 0 Å². The maximum atomic E-state index is 13.1. The fourth-order valence-electron chi connectivity index (χ4n) is 6.27. The molecule has 1 saturated carbocycles. The first-order chi connectivity index (χ1) is 17.7. The molecule has 0 radical (unpaired) electrons. The van der Waals surface area contributed by atoms with Crippen LogP contribution in [0, 0.1) is 0 Å². The molecule has 2 fully saturated rings. The molecule has 0 spiro atoms. The number of rotatable bonds is 5. The van der Waals surface area contributed by atoms with Gasteiger partial charge in [0.2, 0.25) is 0 Å². The van der Waals surface area contributed by atoms with E-state index in [4.69, 9.17) is 4.42 Å². The molecule has 36 heavy (non-hydrogen) atoms. The Morgan fingerprint density at radius 3 is 2.33 bits per heavy atom. The summed E-state index contributed by atoms with van der Waals surface area (Å²) in [6, 6.07) is 21.9. The Balaban J connectivity index is 1.05. The fraction of sp³-hybridized carbons (Fsp3) is 0.452. The van der Waals surface area contributed by atoms with Gasteiger partial charge in [0.05, 0.1) is 0 Å². The summed E-state index contributed by atoms with van der Waals surface area (Å²) >= 11 is 0. The van der Waals surface area contributed by atoms with Crippen LogP contribution >= 0.6 is 0 Å². The van der Waals surface area contributed by atoms with Crippen molar-refractivity contribution in [2.75, 3.05) is 44.2 Å². The van der Waals surface area contributed by atoms with Crippen molar-refractivity contribution in [2.45, 2.75) is 51.0 Å². The van der Waals surface area contributed by atoms with Crippen molar-refractivity contribution >= 4 is 11.6 Å². The predicted molar refractivity (Wildman–Crippen MR) is 144 cm³/mol. The van der Waals surface area contributed by atoms with E-state index in [1.165, 1.54) is 67.6 Å². The van der Waals surface area contributed by atoms with Crippen LogP contribution in [0.5, 0.6) is 0 Å². The van der Waals surface area contributed by atoms with E-state index in [1.54, 1.807) is 0 Å². The molecular formula is C31H37N3O2. The van der Waals surface area contributed by atoms with E-state index in [2.05, 4.69) is 40.1 Å². The highest BCUT2D eigenvalue weighted by Crippen LogP contribution is 2.28. The van der Waals surface area contributed by atoms with E-state index >= 15 is 0 Å². The van der Waals surface area contributed by atoms with E-state index in [9.17, 15) is 4.79 Å². The summed E-state index contributed by atoms with van der Waals surface area (Å²) < 4.78 is 5.92. The Labute approximate surface area is 214 Å². The highest BCUT2D eigenvalue weighted by Gasteiger charge is 2.27. The summed E-state index contributed by atoms with van der Waals surface area (Å²) in [6.07, 6.45) is 8.61. The highest BCUT2D eigenvalue weighted by molar-refractivity contribution is 5.91. The van der Waals surface area contributed by atoms with Gasteiger partial charge in [0.25, 0.3) is 5.91 Å². The lowest BCUT2D eigenvalue weighted by Gasteiger charge is -2.36. The minimum absolute atomic E-state index is 0.00268. The average molecular weight is 484 g/mol. The van der Waals surface area contributed by atoms with Gasteiger partial charge in [-0.3, -0.25) is 9.69 Å². The van der Waals surface area contributed by atoms with Crippen LogP contribution in [-0.4, -0.2) is 61.0 Å². The van der Waals surface area contributed by atoms with Gasteiger partial charge >= 0.3 is 0 Å². The SMILES string of the molecule is O=C(c1ccc(Cc2ccccc2)o1)N1CCN(c2ccc3c(c2)CCN(C2CCCC2)CC3)CC1. The highest BCUT2D eigenvalue weighted by atomic mass is 16.4. The quantitative estimate of drug-likeness (QED) is 0.502. The third-order valence-electron chi connectivity index (χ3n) is 8.39. The molecule has 0 bridgehead atoms. The van der Waals surface area contributed by atoms with Gasteiger partial charge in [-0.15, -0.1) is 0 Å². The van der Waals surface area contributed by atoms with Gasteiger partial charge in [-0.25, -0.2) is 0 Å². The van der Waals surface area contributed by atoms with Crippen molar-refractivity contribution < 1.29 is 9.21 Å². The summed E-state index contributed by atoms with van der Waals surface area (Å²) in [7, 11) is 0. The van der Waals surface area contributed by atoms with E-state index in [0.29, 0.717) is 12.2 Å². The number of benzene rings is 2. The molecule has 188 valence electrons. The number of amides is 1. The molecule has 0 unspecified atom stereocenters. The Bertz CT molecular complexity index is 1170. The summed E-state index contributed by atoms with van der Waals surface area (Å²) in [5.41, 5.74) is 5.54. The third kappa shape index (κ3) is 5.08. The zero-order valence-corrected chi connectivity index (χ0v) is 21.2. The van der Waals surface area contributed by atoms with Crippen molar-refractivity contribution in [3.05, 3.63) is 88.9 Å². The molecule has 0 N–H and O–H groups in total. The molecule has 3 aliphatic rings. The van der Waals surface area contributed by atoms with E-state index in [0.717, 1.165) is 44.4 Å². The average Bonchev–Trinajstić information content (AvgIpc) is 3.58. The number of piperazine rings is 1. The number of carbonyl (C=O) groups is 1. The maximum Gasteiger partial charge on any atom is 0.289 e. The largest absolute Gasteiger partial charge is 0.456 e. The van der Waals surface area contributed by atoms with Crippen molar-refractivity contribution in [3.8, 4) is 0 Å². The van der Waals surface area contributed by atoms with Gasteiger partial charge in [-0.1, -0.05) is 49.2 Å². The second kappa shape index (κ2) is 10.5. The molecule has 1 saturated heterocycles. The Morgan fingerprint density at radius 2 is 1.56 bits per heavy atom. The Morgan fingerprint density at radius 1 is 0.806 bits per heavy atom. The monoisotopic (exact) mass is 483 g/mol. The molecule has 1 aliphatic carbocycles. The van der Waals surface area contributed by atoms with Gasteiger partial charge in [0.1, 0.15) is 5.76 Å². The van der Waals surface area contributed by atoms with E-state index in [1.807, 2.05) is 35.2 Å². The second-order valence-electron chi connectivity index (χ2n) is 10.6. The van der Waals surface area contributed by atoms with Gasteiger partial charge in [0, 0.05) is 57.4 Å². The van der Waals surface area contributed by atoms with Gasteiger partial charge in [-0.05, 0) is 66.6 Å². The molecule has 6 rings (SSSR count). The fourth-order valence-corrected chi connectivity index (χ4v) is 6.27. The molecule has 5 nitrogen and oxygen atoms in total. The molecule has 1 aromatic heterocycles. The zero-order chi connectivity index (χ0) is 24.3. The van der Waals surface area contributed by atoms with Gasteiger partial charge < -0.3 is 14.2 Å². The minimum atomic E-state index is 0.00268. The first-order valence-corrected chi connectivity index (χ1v) is 13.8. The van der Waals surface area contributed by atoms with Crippen molar-refractivity contribution in [2.24, 2.45) is 0 Å². The molecule has 3 heterocycles. The molecule has 0 atom stereocenters. The maximum absolute atomic E-state index is 13.1. The van der Waals surface area contributed by atoms with Crippen LogP contribution in [0.1, 0.15) is 58.7 Å². The summed E-state index contributed by atoms with van der Waals surface area (Å²) in [6.45, 7) is 5.56. The van der Waals surface area contributed by atoms with Gasteiger partial charge in [-0.2, -0.15) is 0 Å². The summed E-state index contributed by atoms with van der Waals surface area (Å²) in [4.78, 5) is 20.2. The standard InChI is InChI=1S/C31H37N3O2/c35-31(30-13-12-29(36-30)22-24-6-2-1-3-7-24)34-20-18-33(19-21-34)28-11-10-25-14-16-32(17-15-26(25)23-28)27-8-4-5-9-27/h1-3,6-7,10-13,23,27H,4-5,8-9,14-22H2. The minimum Gasteiger partial charge on any atom is -0.456 e. The van der Waals surface area contributed by atoms with Crippen LogP contribution in [0.3, 0.4) is 0 Å². The van der Waals surface area contributed by atoms with Crippen LogP contribution in [0.4, 0.5) is 5.69 Å². The molecule has 2 aromatic carbocycles. The first kappa shape index (κ1) is 23.4. The van der Waals surface area contributed by atoms with Crippen molar-refractivity contribution in [1.82, 2.24) is 9.80 Å². The molecule has 2 aliphatic heterocycles. The Kier molecular flexibility index (Phi) is 6.82. The number of furan rings is 1. The summed E-state index contributed by atoms with van der Waals surface area (Å²) in [5.74, 6) is 1.29. The van der Waals surface area contributed by atoms with Crippen LogP contribution in [0.25, 0.3) is 0 Å². The predicted octanol–water partition coefficient (Wildman–Crippen LogP) is 5.18. The molecule has 1 amide bonds. The number of carbonyl (C=O) groups excluding carboxylic acids is 1. The van der Waals surface area contributed by atoms with E-state index in [-0.39, 0.29) is 5.91 Å². The molecular weight excluding hydrogens is 446 g/mol. The van der Waals surface area contributed by atoms with Crippen LogP contribution in [-0.2, 0) is 19.3 Å². The van der Waals surface area contributed by atoms with Gasteiger partial charge in [0.15, 0.2) is 5.76 Å². The lowest BCUT2D eigenvalue weighted by molar-refractivity contribution is 0.0713. The zero-order valence-electron chi connectivity index (χ0n) is 21.2. The normalized spacial score (nSPS) is 19.3. The van der Waals surface area contributed by atoms with Crippen molar-refractivity contribution in [1.29, 1.82) is 0 Å².